The lowest BCUT2D eigenvalue weighted by molar-refractivity contribution is -0.281. The Kier molecular flexibility index (Phi) is 9.62. The highest BCUT2D eigenvalue weighted by molar-refractivity contribution is 5.87. The highest BCUT2D eigenvalue weighted by atomic mass is 16.7. The van der Waals surface area contributed by atoms with Crippen LogP contribution in [-0.2, 0) is 25.7 Å². The summed E-state index contributed by atoms with van der Waals surface area (Å²) in [6, 6.07) is 17.5. The minimum absolute atomic E-state index is 0.0740. The Morgan fingerprint density at radius 1 is 1.00 bits per heavy atom. The summed E-state index contributed by atoms with van der Waals surface area (Å²) in [5.41, 5.74) is 0.874. The van der Waals surface area contributed by atoms with Crippen LogP contribution in [0.15, 0.2) is 60.7 Å². The molecule has 6 atom stereocenters. The molecule has 0 radical (unpaired) electrons. The Bertz CT molecular complexity index is 941. The van der Waals surface area contributed by atoms with E-state index in [1.165, 1.54) is 6.92 Å². The van der Waals surface area contributed by atoms with Gasteiger partial charge in [-0.1, -0.05) is 62.4 Å². The minimum atomic E-state index is -1.29. The fraction of sp³-hybridized carbons (Fsp3) is 0.462. The summed E-state index contributed by atoms with van der Waals surface area (Å²) in [7, 11) is 0. The van der Waals surface area contributed by atoms with Crippen LogP contribution in [0.25, 0.3) is 0 Å². The maximum atomic E-state index is 12.7. The van der Waals surface area contributed by atoms with Gasteiger partial charge in [0.25, 0.3) is 0 Å². The fourth-order valence-corrected chi connectivity index (χ4v) is 3.83. The van der Waals surface area contributed by atoms with Crippen molar-refractivity contribution >= 4 is 11.8 Å². The normalized spacial score (nSPS) is 25.0. The molecule has 0 aliphatic carbocycles. The minimum Gasteiger partial charge on any atom is -0.462 e. The molecule has 0 spiro atoms. The number of ether oxygens (including phenoxy) is 3. The third-order valence-corrected chi connectivity index (χ3v) is 5.71. The zero-order valence-corrected chi connectivity index (χ0v) is 20.2. The van der Waals surface area contributed by atoms with Gasteiger partial charge in [-0.2, -0.15) is 0 Å². The first-order valence-electron chi connectivity index (χ1n) is 11.7. The third kappa shape index (κ3) is 7.50. The number of aliphatic hydroxyl groups is 2. The number of carbonyl (C=O) groups excluding carboxylic acids is 2. The smallest absolute Gasteiger partial charge is 0.242 e. The first-order chi connectivity index (χ1) is 16.8. The second-order valence-corrected chi connectivity index (χ2v) is 8.88. The van der Waals surface area contributed by atoms with E-state index in [1.807, 2.05) is 50.2 Å². The maximum absolute atomic E-state index is 12.7. The molecule has 35 heavy (non-hydrogen) atoms. The number of aliphatic hydroxyl groups excluding tert-OH is 2. The Labute approximate surface area is 205 Å². The summed E-state index contributed by atoms with van der Waals surface area (Å²) in [6.07, 6.45) is -5.64. The lowest BCUT2D eigenvalue weighted by atomic mass is 9.97. The summed E-state index contributed by atoms with van der Waals surface area (Å²) >= 11 is 0. The summed E-state index contributed by atoms with van der Waals surface area (Å²) < 4.78 is 17.6. The molecule has 2 aromatic carbocycles. The van der Waals surface area contributed by atoms with E-state index >= 15 is 0 Å². The van der Waals surface area contributed by atoms with Crippen molar-refractivity contribution in [3.63, 3.8) is 0 Å². The number of benzene rings is 2. The van der Waals surface area contributed by atoms with E-state index in [-0.39, 0.29) is 25.0 Å². The zero-order chi connectivity index (χ0) is 25.4. The second kappa shape index (κ2) is 12.6. The van der Waals surface area contributed by atoms with Gasteiger partial charge in [0.15, 0.2) is 0 Å². The van der Waals surface area contributed by atoms with Crippen molar-refractivity contribution in [2.75, 3.05) is 6.54 Å². The number of rotatable bonds is 10. The molecule has 1 unspecified atom stereocenters. The van der Waals surface area contributed by atoms with Crippen molar-refractivity contribution in [2.24, 2.45) is 5.92 Å². The van der Waals surface area contributed by atoms with Crippen LogP contribution < -0.4 is 15.4 Å². The van der Waals surface area contributed by atoms with Crippen LogP contribution in [0.5, 0.6) is 5.75 Å². The highest BCUT2D eigenvalue weighted by Crippen LogP contribution is 2.27. The predicted octanol–water partition coefficient (Wildman–Crippen LogP) is 1.37. The first-order valence-corrected chi connectivity index (χ1v) is 11.7. The number of amides is 2. The zero-order valence-electron chi connectivity index (χ0n) is 20.2. The van der Waals surface area contributed by atoms with Gasteiger partial charge in [-0.3, -0.25) is 9.59 Å². The number of carbonyl (C=O) groups is 2. The van der Waals surface area contributed by atoms with Gasteiger partial charge >= 0.3 is 0 Å². The number of hydrogen-bond donors (Lipinski definition) is 4. The van der Waals surface area contributed by atoms with Crippen molar-refractivity contribution in [3.05, 3.63) is 66.2 Å². The second-order valence-electron chi connectivity index (χ2n) is 8.88. The van der Waals surface area contributed by atoms with Gasteiger partial charge in [-0.25, -0.2) is 0 Å². The Hall–Kier alpha value is -2.98. The molecule has 2 aromatic rings. The number of hydrogen-bond acceptors (Lipinski definition) is 7. The average Bonchev–Trinajstić information content (AvgIpc) is 2.84. The summed E-state index contributed by atoms with van der Waals surface area (Å²) in [6.45, 7) is 5.07. The molecule has 1 saturated heterocycles. The lowest BCUT2D eigenvalue weighted by Gasteiger charge is -2.42. The quantitative estimate of drug-likeness (QED) is 0.400. The van der Waals surface area contributed by atoms with Crippen LogP contribution in [0, 0.1) is 5.92 Å². The van der Waals surface area contributed by atoms with Gasteiger partial charge in [-0.15, -0.1) is 0 Å². The molecular formula is C26H34N2O7. The first kappa shape index (κ1) is 26.6. The molecule has 2 amide bonds. The molecular weight excluding hydrogens is 452 g/mol. The van der Waals surface area contributed by atoms with E-state index in [0.717, 1.165) is 5.56 Å². The van der Waals surface area contributed by atoms with E-state index in [4.69, 9.17) is 14.2 Å². The van der Waals surface area contributed by atoms with E-state index < -0.39 is 42.7 Å². The van der Waals surface area contributed by atoms with E-state index in [2.05, 4.69) is 10.6 Å². The van der Waals surface area contributed by atoms with Crippen molar-refractivity contribution in [1.82, 2.24) is 10.6 Å². The monoisotopic (exact) mass is 486 g/mol. The highest BCUT2D eigenvalue weighted by Gasteiger charge is 2.46. The standard InChI is InChI=1S/C26H34N2O7/c1-16(2)21(28-17(3)29)25(32)27-14-20-22(30)24(33-15-18-10-6-4-7-11-18)23(31)26(35-20)34-19-12-8-5-9-13-19/h4-13,16,20-24,26,30-31H,14-15H2,1-3H3,(H,27,32)(H,28,29)/t20-,21?,22-,23-,24+,26-/m1/s1. The van der Waals surface area contributed by atoms with E-state index in [0.29, 0.717) is 5.75 Å². The van der Waals surface area contributed by atoms with E-state index in [1.54, 1.807) is 24.3 Å². The third-order valence-electron chi connectivity index (χ3n) is 5.71. The summed E-state index contributed by atoms with van der Waals surface area (Å²) in [4.78, 5) is 24.2. The molecule has 1 aliphatic rings. The fourth-order valence-electron chi connectivity index (χ4n) is 3.83. The summed E-state index contributed by atoms with van der Waals surface area (Å²) in [5, 5.41) is 27.3. The van der Waals surface area contributed by atoms with Gasteiger partial charge < -0.3 is 35.1 Å². The van der Waals surface area contributed by atoms with Gasteiger partial charge in [0.1, 0.15) is 36.2 Å². The topological polar surface area (TPSA) is 126 Å². The Balaban J connectivity index is 1.72. The largest absolute Gasteiger partial charge is 0.462 e. The molecule has 0 saturated carbocycles. The molecule has 1 fully saturated rings. The van der Waals surface area contributed by atoms with Crippen LogP contribution >= 0.6 is 0 Å². The maximum Gasteiger partial charge on any atom is 0.242 e. The molecule has 0 bridgehead atoms. The summed E-state index contributed by atoms with van der Waals surface area (Å²) in [5.74, 6) is -0.391. The van der Waals surface area contributed by atoms with Crippen LogP contribution in [0.4, 0.5) is 0 Å². The van der Waals surface area contributed by atoms with Crippen molar-refractivity contribution in [2.45, 2.75) is 64.1 Å². The SMILES string of the molecule is CC(=O)NC(C(=O)NC[C@H]1O[C@@H](Oc2ccccc2)[C@H](O)[C@@H](OCc2ccccc2)[C@@H]1O)C(C)C. The van der Waals surface area contributed by atoms with Crippen LogP contribution in [-0.4, -0.2) is 65.3 Å². The van der Waals surface area contributed by atoms with Crippen LogP contribution in [0.2, 0.25) is 0 Å². The van der Waals surface area contributed by atoms with Crippen molar-refractivity contribution in [1.29, 1.82) is 0 Å². The molecule has 1 aliphatic heterocycles. The van der Waals surface area contributed by atoms with Gasteiger partial charge in [0.05, 0.1) is 6.61 Å². The molecule has 1 heterocycles. The molecule has 0 aromatic heterocycles. The molecule has 190 valence electrons. The molecule has 9 nitrogen and oxygen atoms in total. The Morgan fingerprint density at radius 3 is 2.23 bits per heavy atom. The van der Waals surface area contributed by atoms with Crippen molar-refractivity contribution in [3.8, 4) is 5.75 Å². The molecule has 3 rings (SSSR count). The molecule has 4 N–H and O–H groups in total. The van der Waals surface area contributed by atoms with Crippen LogP contribution in [0.3, 0.4) is 0 Å². The van der Waals surface area contributed by atoms with Gasteiger partial charge in [0, 0.05) is 13.5 Å². The van der Waals surface area contributed by atoms with Gasteiger partial charge in [0.2, 0.25) is 18.1 Å². The van der Waals surface area contributed by atoms with Gasteiger partial charge in [-0.05, 0) is 23.6 Å². The van der Waals surface area contributed by atoms with Crippen LogP contribution in [0.1, 0.15) is 26.3 Å². The van der Waals surface area contributed by atoms with E-state index in [9.17, 15) is 19.8 Å². The number of nitrogens with one attached hydrogen (secondary N) is 2. The Morgan fingerprint density at radius 2 is 1.63 bits per heavy atom. The number of para-hydroxylation sites is 1. The predicted molar refractivity (Wildman–Crippen MR) is 128 cm³/mol. The lowest BCUT2D eigenvalue weighted by Crippen LogP contribution is -2.62. The average molecular weight is 487 g/mol. The molecule has 9 heteroatoms. The van der Waals surface area contributed by atoms with Crippen molar-refractivity contribution < 1.29 is 34.0 Å².